The number of halogens is 2. The number of hydrogen-bond donors (Lipinski definition) is 0. The zero-order valence-corrected chi connectivity index (χ0v) is 16.2. The van der Waals surface area contributed by atoms with E-state index < -0.39 is 0 Å². The molecule has 1 saturated heterocycles. The molecule has 0 aromatic heterocycles. The summed E-state index contributed by atoms with van der Waals surface area (Å²) in [6.07, 6.45) is 1.09. The summed E-state index contributed by atoms with van der Waals surface area (Å²) in [4.78, 5) is 16.7. The first-order valence-electron chi connectivity index (χ1n) is 9.12. The van der Waals surface area contributed by atoms with Crippen LogP contribution in [0, 0.1) is 5.82 Å². The van der Waals surface area contributed by atoms with E-state index in [0.29, 0.717) is 31.0 Å². The second kappa shape index (κ2) is 9.20. The molecule has 144 valence electrons. The van der Waals surface area contributed by atoms with Gasteiger partial charge in [0.25, 0.3) is 0 Å². The first-order valence-corrected chi connectivity index (χ1v) is 9.50. The first kappa shape index (κ1) is 19.6. The van der Waals surface area contributed by atoms with Gasteiger partial charge in [0.2, 0.25) is 5.91 Å². The highest BCUT2D eigenvalue weighted by Gasteiger charge is 2.21. The van der Waals surface area contributed by atoms with Gasteiger partial charge in [-0.1, -0.05) is 23.7 Å². The molecule has 0 bridgehead atoms. The molecule has 0 aliphatic carbocycles. The average Bonchev–Trinajstić information content (AvgIpc) is 2.68. The monoisotopic (exact) mass is 390 g/mol. The lowest BCUT2D eigenvalue weighted by molar-refractivity contribution is -0.133. The van der Waals surface area contributed by atoms with Crippen molar-refractivity contribution in [3.63, 3.8) is 0 Å². The van der Waals surface area contributed by atoms with Crippen LogP contribution in [0.5, 0.6) is 5.75 Å². The molecule has 0 atom stereocenters. The van der Waals surface area contributed by atoms with E-state index in [4.69, 9.17) is 16.3 Å². The molecule has 6 heteroatoms. The van der Waals surface area contributed by atoms with Gasteiger partial charge in [0, 0.05) is 49.7 Å². The first-order chi connectivity index (χ1) is 13.0. The summed E-state index contributed by atoms with van der Waals surface area (Å²) in [5.74, 6) is 0.731. The number of carbonyl (C=O) groups is 1. The summed E-state index contributed by atoms with van der Waals surface area (Å²) in [5.41, 5.74) is 2.04. The molecular formula is C21H24ClFN2O2. The van der Waals surface area contributed by atoms with E-state index in [2.05, 4.69) is 4.90 Å². The predicted molar refractivity (Wildman–Crippen MR) is 105 cm³/mol. The molecule has 4 nitrogen and oxygen atoms in total. The Morgan fingerprint density at radius 2 is 1.81 bits per heavy atom. The minimum absolute atomic E-state index is 0.152. The lowest BCUT2D eigenvalue weighted by atomic mass is 10.1. The number of aryl methyl sites for hydroxylation is 1. The maximum absolute atomic E-state index is 12.9. The van der Waals surface area contributed by atoms with Gasteiger partial charge in [-0.15, -0.1) is 0 Å². The Morgan fingerprint density at radius 3 is 2.48 bits per heavy atom. The molecule has 0 spiro atoms. The molecular weight excluding hydrogens is 367 g/mol. The van der Waals surface area contributed by atoms with Gasteiger partial charge in [0.15, 0.2) is 0 Å². The lowest BCUT2D eigenvalue weighted by Crippen LogP contribution is -2.48. The van der Waals surface area contributed by atoms with Crippen molar-refractivity contribution >= 4 is 17.5 Å². The van der Waals surface area contributed by atoms with Crippen molar-refractivity contribution in [2.45, 2.75) is 19.4 Å². The Kier molecular flexibility index (Phi) is 6.69. The number of rotatable bonds is 6. The molecule has 0 N–H and O–H groups in total. The van der Waals surface area contributed by atoms with Gasteiger partial charge in [-0.05, 0) is 42.3 Å². The van der Waals surface area contributed by atoms with Crippen LogP contribution >= 0.6 is 11.6 Å². The summed E-state index contributed by atoms with van der Waals surface area (Å²) in [5, 5.41) is 0.695. The van der Waals surface area contributed by atoms with E-state index in [1.54, 1.807) is 19.2 Å². The second-order valence-electron chi connectivity index (χ2n) is 6.74. The molecule has 27 heavy (non-hydrogen) atoms. The normalized spacial score (nSPS) is 15.0. The number of carbonyl (C=O) groups excluding carboxylic acids is 1. The zero-order chi connectivity index (χ0) is 19.2. The van der Waals surface area contributed by atoms with Crippen molar-refractivity contribution in [3.05, 3.63) is 64.4 Å². The number of hydrogen-bond acceptors (Lipinski definition) is 3. The van der Waals surface area contributed by atoms with Gasteiger partial charge in [0.1, 0.15) is 11.6 Å². The Bertz CT molecular complexity index is 774. The molecule has 1 fully saturated rings. The van der Waals surface area contributed by atoms with Crippen LogP contribution in [0.1, 0.15) is 17.5 Å². The van der Waals surface area contributed by atoms with Crippen LogP contribution in [0.2, 0.25) is 5.02 Å². The second-order valence-corrected chi connectivity index (χ2v) is 7.18. The lowest BCUT2D eigenvalue weighted by Gasteiger charge is -2.35. The molecule has 0 radical (unpaired) electrons. The summed E-state index contributed by atoms with van der Waals surface area (Å²) in [6, 6.07) is 12.0. The Morgan fingerprint density at radius 1 is 1.11 bits per heavy atom. The third kappa shape index (κ3) is 5.44. The highest BCUT2D eigenvalue weighted by atomic mass is 35.5. The van der Waals surface area contributed by atoms with E-state index in [9.17, 15) is 9.18 Å². The van der Waals surface area contributed by atoms with Crippen LogP contribution in [-0.2, 0) is 17.8 Å². The standard InChI is InChI=1S/C21H24ClFN2O2/c1-27-20-8-5-18(22)14-17(20)15-24-10-12-25(13-11-24)21(26)9-4-16-2-6-19(23)7-3-16/h2-3,5-8,14H,4,9-13,15H2,1H3. The van der Waals surface area contributed by atoms with E-state index in [0.717, 1.165) is 36.5 Å². The van der Waals surface area contributed by atoms with Crippen LogP contribution in [0.15, 0.2) is 42.5 Å². The highest BCUT2D eigenvalue weighted by Crippen LogP contribution is 2.24. The molecule has 3 rings (SSSR count). The smallest absolute Gasteiger partial charge is 0.222 e. The van der Waals surface area contributed by atoms with E-state index >= 15 is 0 Å². The van der Waals surface area contributed by atoms with Gasteiger partial charge >= 0.3 is 0 Å². The Balaban J connectivity index is 1.47. The van der Waals surface area contributed by atoms with Crippen molar-refractivity contribution in [3.8, 4) is 5.75 Å². The van der Waals surface area contributed by atoms with Gasteiger partial charge in [-0.3, -0.25) is 9.69 Å². The summed E-state index contributed by atoms with van der Waals surface area (Å²) in [7, 11) is 1.66. The fraction of sp³-hybridized carbons (Fsp3) is 0.381. The van der Waals surface area contributed by atoms with Crippen LogP contribution in [0.25, 0.3) is 0 Å². The molecule has 0 saturated carbocycles. The van der Waals surface area contributed by atoms with Crippen molar-refractivity contribution < 1.29 is 13.9 Å². The van der Waals surface area contributed by atoms with E-state index in [-0.39, 0.29) is 11.7 Å². The van der Waals surface area contributed by atoms with E-state index in [1.807, 2.05) is 23.1 Å². The largest absolute Gasteiger partial charge is 0.496 e. The molecule has 1 aliphatic heterocycles. The zero-order valence-electron chi connectivity index (χ0n) is 15.5. The van der Waals surface area contributed by atoms with Crippen molar-refractivity contribution in [2.75, 3.05) is 33.3 Å². The Labute approximate surface area is 164 Å². The number of methoxy groups -OCH3 is 1. The van der Waals surface area contributed by atoms with Gasteiger partial charge in [-0.25, -0.2) is 4.39 Å². The average molecular weight is 391 g/mol. The summed E-state index contributed by atoms with van der Waals surface area (Å²) >= 11 is 6.10. The van der Waals surface area contributed by atoms with Gasteiger partial charge in [-0.2, -0.15) is 0 Å². The van der Waals surface area contributed by atoms with Crippen molar-refractivity contribution in [1.82, 2.24) is 9.80 Å². The number of piperazine rings is 1. The van der Waals surface area contributed by atoms with Crippen LogP contribution in [0.4, 0.5) is 4.39 Å². The van der Waals surface area contributed by atoms with Crippen LogP contribution in [-0.4, -0.2) is 49.0 Å². The van der Waals surface area contributed by atoms with Crippen LogP contribution < -0.4 is 4.74 Å². The summed E-state index contributed by atoms with van der Waals surface area (Å²) in [6.45, 7) is 3.81. The molecule has 2 aromatic carbocycles. The van der Waals surface area contributed by atoms with Gasteiger partial charge in [0.05, 0.1) is 7.11 Å². The quantitative estimate of drug-likeness (QED) is 0.752. The van der Waals surface area contributed by atoms with Gasteiger partial charge < -0.3 is 9.64 Å². The molecule has 1 amide bonds. The Hall–Kier alpha value is -2.11. The number of ether oxygens (including phenoxy) is 1. The third-order valence-corrected chi connectivity index (χ3v) is 5.14. The maximum Gasteiger partial charge on any atom is 0.222 e. The van der Waals surface area contributed by atoms with Crippen molar-refractivity contribution in [2.24, 2.45) is 0 Å². The van der Waals surface area contributed by atoms with Crippen LogP contribution in [0.3, 0.4) is 0 Å². The van der Waals surface area contributed by atoms with E-state index in [1.165, 1.54) is 12.1 Å². The molecule has 1 aliphatic rings. The molecule has 0 unspecified atom stereocenters. The summed E-state index contributed by atoms with van der Waals surface area (Å²) < 4.78 is 18.4. The topological polar surface area (TPSA) is 32.8 Å². The fourth-order valence-electron chi connectivity index (χ4n) is 3.33. The highest BCUT2D eigenvalue weighted by molar-refractivity contribution is 6.30. The minimum atomic E-state index is -0.252. The fourth-order valence-corrected chi connectivity index (χ4v) is 3.52. The SMILES string of the molecule is COc1ccc(Cl)cc1CN1CCN(C(=O)CCc2ccc(F)cc2)CC1. The predicted octanol–water partition coefficient (Wildman–Crippen LogP) is 3.76. The third-order valence-electron chi connectivity index (χ3n) is 4.90. The number of nitrogens with zero attached hydrogens (tertiary/aromatic N) is 2. The number of benzene rings is 2. The molecule has 1 heterocycles. The number of amides is 1. The minimum Gasteiger partial charge on any atom is -0.496 e. The maximum atomic E-state index is 12.9. The molecule has 2 aromatic rings. The van der Waals surface area contributed by atoms with Crippen molar-refractivity contribution in [1.29, 1.82) is 0 Å².